The second-order valence-corrected chi connectivity index (χ2v) is 7.45. The standard InChI is InChI=1S/C22H26N6O2/c1-3-30-19-7-5-4-6-17(19)26-22(29)18-13-28(15-25-18)21-12-20(23-14-24-21)27-10-8-16(2)9-11-27/h4-7,12-16H,3,8-11H2,1-2H3,(H,26,29). The first-order chi connectivity index (χ1) is 14.6. The van der Waals surface area contributed by atoms with Crippen LogP contribution in [0.3, 0.4) is 0 Å². The number of carbonyl (C=O) groups excluding carboxylic acids is 1. The molecule has 0 atom stereocenters. The Bertz CT molecular complexity index is 1010. The van der Waals surface area contributed by atoms with E-state index in [9.17, 15) is 4.79 Å². The molecule has 1 N–H and O–H groups in total. The maximum absolute atomic E-state index is 12.7. The highest BCUT2D eigenvalue weighted by molar-refractivity contribution is 6.03. The molecular weight excluding hydrogens is 380 g/mol. The van der Waals surface area contributed by atoms with Crippen LogP contribution in [0.5, 0.6) is 5.75 Å². The lowest BCUT2D eigenvalue weighted by Gasteiger charge is -2.31. The predicted molar refractivity (Wildman–Crippen MR) is 115 cm³/mol. The van der Waals surface area contributed by atoms with Crippen LogP contribution in [0.4, 0.5) is 11.5 Å². The molecule has 0 aliphatic carbocycles. The van der Waals surface area contributed by atoms with Crippen molar-refractivity contribution in [1.29, 1.82) is 0 Å². The molecule has 8 nitrogen and oxygen atoms in total. The summed E-state index contributed by atoms with van der Waals surface area (Å²) in [5, 5.41) is 2.86. The molecule has 1 saturated heterocycles. The van der Waals surface area contributed by atoms with Gasteiger partial charge >= 0.3 is 0 Å². The lowest BCUT2D eigenvalue weighted by molar-refractivity contribution is 0.102. The molecule has 1 amide bonds. The van der Waals surface area contributed by atoms with Crippen molar-refractivity contribution in [2.75, 3.05) is 29.9 Å². The van der Waals surface area contributed by atoms with Gasteiger partial charge in [0.15, 0.2) is 0 Å². The summed E-state index contributed by atoms with van der Waals surface area (Å²) >= 11 is 0. The lowest BCUT2D eigenvalue weighted by Crippen LogP contribution is -2.33. The van der Waals surface area contributed by atoms with Gasteiger partial charge in [-0.05, 0) is 37.8 Å². The van der Waals surface area contributed by atoms with E-state index in [1.807, 2.05) is 31.2 Å². The third-order valence-electron chi connectivity index (χ3n) is 5.26. The molecule has 0 unspecified atom stereocenters. The first-order valence-electron chi connectivity index (χ1n) is 10.3. The number of hydrogen-bond acceptors (Lipinski definition) is 6. The van der Waals surface area contributed by atoms with Crippen molar-refractivity contribution in [2.24, 2.45) is 5.92 Å². The summed E-state index contributed by atoms with van der Waals surface area (Å²) in [4.78, 5) is 28.0. The third kappa shape index (κ3) is 4.42. The highest BCUT2D eigenvalue weighted by atomic mass is 16.5. The summed E-state index contributed by atoms with van der Waals surface area (Å²) < 4.78 is 7.30. The van der Waals surface area contributed by atoms with Crippen molar-refractivity contribution in [3.63, 3.8) is 0 Å². The second kappa shape index (κ2) is 8.94. The molecule has 3 aromatic rings. The molecule has 2 aromatic heterocycles. The van der Waals surface area contributed by atoms with Gasteiger partial charge in [0, 0.05) is 25.4 Å². The van der Waals surface area contributed by atoms with Crippen LogP contribution in [-0.4, -0.2) is 45.1 Å². The Kier molecular flexibility index (Phi) is 5.92. The number of aromatic nitrogens is 4. The molecule has 8 heteroatoms. The number of amides is 1. The van der Waals surface area contributed by atoms with Crippen molar-refractivity contribution in [1.82, 2.24) is 19.5 Å². The zero-order chi connectivity index (χ0) is 20.9. The van der Waals surface area contributed by atoms with E-state index in [-0.39, 0.29) is 5.91 Å². The van der Waals surface area contributed by atoms with Crippen LogP contribution in [-0.2, 0) is 0 Å². The SMILES string of the molecule is CCOc1ccccc1NC(=O)c1cn(-c2cc(N3CCC(C)CC3)ncn2)cn1. The number of rotatable bonds is 6. The van der Waals surface area contributed by atoms with Gasteiger partial charge in [0.25, 0.3) is 5.91 Å². The molecule has 0 radical (unpaired) electrons. The molecular formula is C22H26N6O2. The van der Waals surface area contributed by atoms with Crippen molar-refractivity contribution in [3.8, 4) is 11.6 Å². The van der Waals surface area contributed by atoms with Gasteiger partial charge in [0.05, 0.1) is 12.3 Å². The fraction of sp³-hybridized carbons (Fsp3) is 0.364. The van der Waals surface area contributed by atoms with Gasteiger partial charge in [-0.2, -0.15) is 0 Å². The van der Waals surface area contributed by atoms with E-state index in [1.165, 1.54) is 0 Å². The molecule has 3 heterocycles. The first-order valence-corrected chi connectivity index (χ1v) is 10.3. The van der Waals surface area contributed by atoms with Crippen molar-refractivity contribution in [3.05, 3.63) is 54.9 Å². The zero-order valence-electron chi connectivity index (χ0n) is 17.3. The summed E-state index contributed by atoms with van der Waals surface area (Å²) in [6, 6.07) is 9.27. The van der Waals surface area contributed by atoms with Crippen molar-refractivity contribution >= 4 is 17.4 Å². The van der Waals surface area contributed by atoms with Gasteiger partial charge in [0.1, 0.15) is 35.7 Å². The van der Waals surface area contributed by atoms with Crippen LogP contribution in [0.25, 0.3) is 5.82 Å². The number of hydrogen-bond donors (Lipinski definition) is 1. The van der Waals surface area contributed by atoms with Crippen LogP contribution in [0.1, 0.15) is 37.2 Å². The number of nitrogens with zero attached hydrogens (tertiary/aromatic N) is 5. The molecule has 4 rings (SSSR count). The zero-order valence-corrected chi connectivity index (χ0v) is 17.3. The lowest BCUT2D eigenvalue weighted by atomic mass is 9.99. The molecule has 156 valence electrons. The molecule has 0 bridgehead atoms. The number of para-hydroxylation sites is 2. The maximum Gasteiger partial charge on any atom is 0.275 e. The van der Waals surface area contributed by atoms with Gasteiger partial charge in [-0.1, -0.05) is 19.1 Å². The van der Waals surface area contributed by atoms with Crippen molar-refractivity contribution < 1.29 is 9.53 Å². The summed E-state index contributed by atoms with van der Waals surface area (Å²) in [6.07, 6.45) is 7.15. The highest BCUT2D eigenvalue weighted by Crippen LogP contribution is 2.25. The van der Waals surface area contributed by atoms with E-state index in [2.05, 4.69) is 32.1 Å². The summed E-state index contributed by atoms with van der Waals surface area (Å²) in [7, 11) is 0. The Morgan fingerprint density at radius 1 is 1.17 bits per heavy atom. The smallest absolute Gasteiger partial charge is 0.275 e. The van der Waals surface area contributed by atoms with E-state index < -0.39 is 0 Å². The largest absolute Gasteiger partial charge is 0.492 e. The number of imidazole rings is 1. The number of benzene rings is 1. The van der Waals surface area contributed by atoms with E-state index >= 15 is 0 Å². The Labute approximate surface area is 175 Å². The molecule has 1 aromatic carbocycles. The van der Waals surface area contributed by atoms with Gasteiger partial charge in [0.2, 0.25) is 0 Å². The first kappa shape index (κ1) is 19.9. The Hall–Kier alpha value is -3.42. The molecule has 30 heavy (non-hydrogen) atoms. The Balaban J connectivity index is 1.49. The minimum Gasteiger partial charge on any atom is -0.492 e. The average molecular weight is 406 g/mol. The van der Waals surface area contributed by atoms with Crippen LogP contribution in [0.2, 0.25) is 0 Å². The van der Waals surface area contributed by atoms with Gasteiger partial charge in [-0.3, -0.25) is 9.36 Å². The van der Waals surface area contributed by atoms with E-state index in [0.29, 0.717) is 29.6 Å². The second-order valence-electron chi connectivity index (χ2n) is 7.45. The van der Waals surface area contributed by atoms with Crippen LogP contribution in [0.15, 0.2) is 49.2 Å². The number of piperidine rings is 1. The fourth-order valence-electron chi connectivity index (χ4n) is 3.49. The van der Waals surface area contributed by atoms with Crippen LogP contribution >= 0.6 is 0 Å². The van der Waals surface area contributed by atoms with E-state index in [0.717, 1.165) is 37.7 Å². The van der Waals surface area contributed by atoms with Gasteiger partial charge in [-0.15, -0.1) is 0 Å². The predicted octanol–water partition coefficient (Wildman–Crippen LogP) is 3.55. The number of carbonyl (C=O) groups is 1. The third-order valence-corrected chi connectivity index (χ3v) is 5.26. The number of anilines is 2. The normalized spacial score (nSPS) is 14.5. The monoisotopic (exact) mass is 406 g/mol. The Morgan fingerprint density at radius 3 is 2.73 bits per heavy atom. The highest BCUT2D eigenvalue weighted by Gasteiger charge is 2.18. The minimum absolute atomic E-state index is 0.299. The summed E-state index contributed by atoms with van der Waals surface area (Å²) in [5.74, 6) is 2.66. The van der Waals surface area contributed by atoms with Crippen molar-refractivity contribution in [2.45, 2.75) is 26.7 Å². The van der Waals surface area contributed by atoms with Crippen LogP contribution < -0.4 is 15.0 Å². The number of nitrogens with one attached hydrogen (secondary N) is 1. The molecule has 1 fully saturated rings. The molecule has 0 spiro atoms. The summed E-state index contributed by atoms with van der Waals surface area (Å²) in [5.41, 5.74) is 0.913. The number of ether oxygens (including phenoxy) is 1. The fourth-order valence-corrected chi connectivity index (χ4v) is 3.49. The summed E-state index contributed by atoms with van der Waals surface area (Å²) in [6.45, 7) is 6.70. The average Bonchev–Trinajstić information content (AvgIpc) is 3.27. The minimum atomic E-state index is -0.305. The van der Waals surface area contributed by atoms with E-state index in [4.69, 9.17) is 4.74 Å². The maximum atomic E-state index is 12.7. The topological polar surface area (TPSA) is 85.2 Å². The van der Waals surface area contributed by atoms with Gasteiger partial charge < -0.3 is 15.0 Å². The molecule has 1 aliphatic heterocycles. The molecule has 1 aliphatic rings. The quantitative estimate of drug-likeness (QED) is 0.674. The Morgan fingerprint density at radius 2 is 1.93 bits per heavy atom. The molecule has 0 saturated carbocycles. The van der Waals surface area contributed by atoms with Crippen LogP contribution in [0, 0.1) is 5.92 Å². The van der Waals surface area contributed by atoms with E-state index in [1.54, 1.807) is 29.5 Å². The van der Waals surface area contributed by atoms with Gasteiger partial charge in [-0.25, -0.2) is 15.0 Å².